The monoisotopic (exact) mass is 344 g/mol. The lowest BCUT2D eigenvalue weighted by atomic mass is 10.1. The number of nitrogens with one attached hydrogen (secondary N) is 3. The highest BCUT2D eigenvalue weighted by atomic mass is 15.8. The second-order valence-corrected chi connectivity index (χ2v) is 6.00. The lowest BCUT2D eigenvalue weighted by Crippen LogP contribution is -2.41. The van der Waals surface area contributed by atoms with Crippen LogP contribution in [-0.4, -0.2) is 5.84 Å². The maximum atomic E-state index is 5.72. The summed E-state index contributed by atoms with van der Waals surface area (Å²) in [6.45, 7) is 0.750. The van der Waals surface area contributed by atoms with Crippen LogP contribution in [0.5, 0.6) is 0 Å². The molecule has 0 aromatic heterocycles. The van der Waals surface area contributed by atoms with Crippen LogP contribution in [0.3, 0.4) is 0 Å². The Morgan fingerprint density at radius 1 is 0.885 bits per heavy atom. The predicted octanol–water partition coefficient (Wildman–Crippen LogP) is 3.07. The summed E-state index contributed by atoms with van der Waals surface area (Å²) in [6, 6.07) is 26.1. The largest absolute Gasteiger partial charge is 0.399 e. The smallest absolute Gasteiger partial charge is 0.177 e. The second-order valence-electron chi connectivity index (χ2n) is 6.00. The Labute approximate surface area is 152 Å². The first kappa shape index (κ1) is 16.0. The fourth-order valence-corrected chi connectivity index (χ4v) is 2.77. The van der Waals surface area contributed by atoms with Gasteiger partial charge in [-0.25, -0.2) is 10.5 Å². The molecule has 0 saturated carbocycles. The number of rotatable bonds is 5. The first-order valence-corrected chi connectivity index (χ1v) is 8.42. The van der Waals surface area contributed by atoms with Gasteiger partial charge in [0.25, 0.3) is 0 Å². The van der Waals surface area contributed by atoms with Crippen LogP contribution in [0.15, 0.2) is 84.0 Å². The summed E-state index contributed by atoms with van der Waals surface area (Å²) in [5.74, 6) is 0.821. The highest BCUT2D eigenvalue weighted by molar-refractivity contribution is 6.10. The number of nitrogen functional groups attached to an aromatic ring is 1. The minimum atomic E-state index is 0.750. The number of nitrogens with zero attached hydrogens (tertiary/aromatic N) is 2. The van der Waals surface area contributed by atoms with E-state index < -0.39 is 0 Å². The standard InChI is InChI=1S/C20H20N6/c21-17-10-6-15(7-11-17)14-22-18-12-8-16(9-13-18)20-23-24-25-26(20)19-4-2-1-3-5-19/h1-13,22,24-25H,14,21H2. The second kappa shape index (κ2) is 7.16. The highest BCUT2D eigenvalue weighted by Gasteiger charge is 2.20. The molecule has 6 heteroatoms. The lowest BCUT2D eigenvalue weighted by Gasteiger charge is -2.19. The van der Waals surface area contributed by atoms with Crippen molar-refractivity contribution < 1.29 is 0 Å². The maximum Gasteiger partial charge on any atom is 0.177 e. The summed E-state index contributed by atoms with van der Waals surface area (Å²) < 4.78 is 0. The van der Waals surface area contributed by atoms with Crippen molar-refractivity contribution in [3.8, 4) is 0 Å². The highest BCUT2D eigenvalue weighted by Crippen LogP contribution is 2.19. The van der Waals surface area contributed by atoms with Gasteiger partial charge in [0.15, 0.2) is 5.84 Å². The van der Waals surface area contributed by atoms with Crippen molar-refractivity contribution in [3.63, 3.8) is 0 Å². The fourth-order valence-electron chi connectivity index (χ4n) is 2.77. The Balaban J connectivity index is 1.45. The number of hydrogen-bond donors (Lipinski definition) is 4. The number of hydrazone groups is 1. The zero-order chi connectivity index (χ0) is 17.8. The minimum absolute atomic E-state index is 0.750. The molecule has 4 rings (SSSR count). The average molecular weight is 344 g/mol. The molecule has 3 aromatic rings. The number of nitrogens with two attached hydrogens (primary N) is 1. The number of amidine groups is 1. The summed E-state index contributed by atoms with van der Waals surface area (Å²) in [5, 5.41) is 9.67. The van der Waals surface area contributed by atoms with Crippen LogP contribution < -0.4 is 27.1 Å². The van der Waals surface area contributed by atoms with E-state index in [1.807, 2.05) is 59.6 Å². The lowest BCUT2D eigenvalue weighted by molar-refractivity contribution is 0.623. The van der Waals surface area contributed by atoms with Crippen LogP contribution in [-0.2, 0) is 6.54 Å². The van der Waals surface area contributed by atoms with Gasteiger partial charge in [-0.1, -0.05) is 30.3 Å². The Bertz CT molecular complexity index is 888. The van der Waals surface area contributed by atoms with Gasteiger partial charge in [0.05, 0.1) is 5.69 Å². The predicted molar refractivity (Wildman–Crippen MR) is 106 cm³/mol. The van der Waals surface area contributed by atoms with Gasteiger partial charge in [-0.15, -0.1) is 10.6 Å². The zero-order valence-electron chi connectivity index (χ0n) is 14.2. The van der Waals surface area contributed by atoms with Crippen molar-refractivity contribution in [2.75, 3.05) is 16.1 Å². The molecule has 26 heavy (non-hydrogen) atoms. The molecule has 0 saturated heterocycles. The van der Waals surface area contributed by atoms with Gasteiger partial charge in [-0.2, -0.15) is 0 Å². The molecule has 0 atom stereocenters. The van der Waals surface area contributed by atoms with E-state index in [4.69, 9.17) is 5.73 Å². The van der Waals surface area contributed by atoms with E-state index in [-0.39, 0.29) is 0 Å². The number of benzene rings is 3. The number of hydrazine groups is 2. The van der Waals surface area contributed by atoms with E-state index in [1.54, 1.807) is 0 Å². The summed E-state index contributed by atoms with van der Waals surface area (Å²) in [5.41, 5.74) is 16.6. The third kappa shape index (κ3) is 3.45. The summed E-state index contributed by atoms with van der Waals surface area (Å²) in [7, 11) is 0. The van der Waals surface area contributed by atoms with Crippen LogP contribution in [0.2, 0.25) is 0 Å². The van der Waals surface area contributed by atoms with E-state index >= 15 is 0 Å². The van der Waals surface area contributed by atoms with Crippen molar-refractivity contribution >= 4 is 22.9 Å². The SMILES string of the molecule is Nc1ccc(CNc2ccc(C3=NNNN3c3ccccc3)cc2)cc1. The summed E-state index contributed by atoms with van der Waals surface area (Å²) in [6.07, 6.45) is 0. The Kier molecular flexibility index (Phi) is 4.40. The molecule has 0 bridgehead atoms. The van der Waals surface area contributed by atoms with Gasteiger partial charge in [0.1, 0.15) is 0 Å². The normalized spacial score (nSPS) is 13.2. The molecule has 0 unspecified atom stereocenters. The molecule has 0 radical (unpaired) electrons. The Morgan fingerprint density at radius 2 is 1.62 bits per heavy atom. The maximum absolute atomic E-state index is 5.72. The van der Waals surface area contributed by atoms with Crippen molar-refractivity contribution in [1.82, 2.24) is 11.1 Å². The van der Waals surface area contributed by atoms with Gasteiger partial charge >= 0.3 is 0 Å². The molecule has 1 aliphatic rings. The molecular formula is C20H20N6. The molecular weight excluding hydrogens is 324 g/mol. The number of para-hydroxylation sites is 1. The van der Waals surface area contributed by atoms with E-state index in [0.717, 1.165) is 35.0 Å². The third-order valence-corrected chi connectivity index (χ3v) is 4.17. The third-order valence-electron chi connectivity index (χ3n) is 4.17. The molecule has 0 amide bonds. The van der Waals surface area contributed by atoms with Crippen LogP contribution >= 0.6 is 0 Å². The molecule has 130 valence electrons. The van der Waals surface area contributed by atoms with Crippen LogP contribution in [0.1, 0.15) is 11.1 Å². The summed E-state index contributed by atoms with van der Waals surface area (Å²) >= 11 is 0. The van der Waals surface area contributed by atoms with Gasteiger partial charge in [0.2, 0.25) is 0 Å². The molecule has 3 aromatic carbocycles. The molecule has 0 spiro atoms. The molecule has 1 aliphatic heterocycles. The molecule has 1 heterocycles. The summed E-state index contributed by atoms with van der Waals surface area (Å²) in [4.78, 5) is 0. The van der Waals surface area contributed by atoms with Crippen molar-refractivity contribution in [3.05, 3.63) is 90.0 Å². The topological polar surface area (TPSA) is 77.7 Å². The van der Waals surface area contributed by atoms with Crippen molar-refractivity contribution in [2.24, 2.45) is 5.10 Å². The van der Waals surface area contributed by atoms with E-state index in [1.165, 1.54) is 5.56 Å². The number of anilines is 3. The van der Waals surface area contributed by atoms with E-state index in [0.29, 0.717) is 0 Å². The number of hydrogen-bond acceptors (Lipinski definition) is 6. The molecule has 0 fully saturated rings. The van der Waals surface area contributed by atoms with Gasteiger partial charge in [-0.05, 0) is 54.1 Å². The minimum Gasteiger partial charge on any atom is -0.399 e. The van der Waals surface area contributed by atoms with Crippen molar-refractivity contribution in [2.45, 2.75) is 6.54 Å². The van der Waals surface area contributed by atoms with Crippen LogP contribution in [0.4, 0.5) is 17.1 Å². The van der Waals surface area contributed by atoms with Gasteiger partial charge < -0.3 is 11.1 Å². The van der Waals surface area contributed by atoms with Crippen molar-refractivity contribution in [1.29, 1.82) is 0 Å². The fraction of sp³-hybridized carbons (Fsp3) is 0.0500. The Morgan fingerprint density at radius 3 is 2.35 bits per heavy atom. The first-order chi connectivity index (χ1) is 12.8. The molecule has 6 nitrogen and oxygen atoms in total. The molecule has 5 N–H and O–H groups in total. The van der Waals surface area contributed by atoms with E-state index in [2.05, 4.69) is 45.8 Å². The van der Waals surface area contributed by atoms with Gasteiger partial charge in [-0.3, -0.25) is 0 Å². The first-order valence-electron chi connectivity index (χ1n) is 8.42. The molecule has 0 aliphatic carbocycles. The quantitative estimate of drug-likeness (QED) is 0.535. The average Bonchev–Trinajstić information content (AvgIpc) is 3.18. The zero-order valence-corrected chi connectivity index (χ0v) is 14.2. The van der Waals surface area contributed by atoms with Crippen LogP contribution in [0, 0.1) is 0 Å². The Hall–Kier alpha value is -3.51. The van der Waals surface area contributed by atoms with Crippen LogP contribution in [0.25, 0.3) is 0 Å². The van der Waals surface area contributed by atoms with Gasteiger partial charge in [0, 0.05) is 23.5 Å². The van der Waals surface area contributed by atoms with E-state index in [9.17, 15) is 0 Å².